The summed E-state index contributed by atoms with van der Waals surface area (Å²) in [6, 6.07) is 0. The third kappa shape index (κ3) is 5.68. The van der Waals surface area contributed by atoms with Gasteiger partial charge in [0.05, 0.1) is 0 Å². The molecule has 0 amide bonds. The summed E-state index contributed by atoms with van der Waals surface area (Å²) in [5, 5.41) is 0. The summed E-state index contributed by atoms with van der Waals surface area (Å²) in [6.45, 7) is 3.60. The van der Waals surface area contributed by atoms with Gasteiger partial charge in [-0.05, 0) is 0 Å². The molecule has 8 nitrogen and oxygen atoms in total. The highest BCUT2D eigenvalue weighted by Crippen LogP contribution is 2.26. The predicted octanol–water partition coefficient (Wildman–Crippen LogP) is 0.174. The van der Waals surface area contributed by atoms with E-state index in [4.69, 9.17) is 23.7 Å². The molecular formula is C13H20O8. The summed E-state index contributed by atoms with van der Waals surface area (Å²) in [4.78, 5) is 33.3. The lowest BCUT2D eigenvalue weighted by molar-refractivity contribution is -0.259. The zero-order valence-electron chi connectivity index (χ0n) is 12.5. The molecule has 1 fully saturated rings. The molecule has 1 saturated heterocycles. The minimum Gasteiger partial charge on any atom is -0.463 e. The molecule has 4 atom stereocenters. The smallest absolute Gasteiger partial charge is 0.303 e. The molecule has 0 N–H and O–H groups in total. The molecular weight excluding hydrogens is 284 g/mol. The number of hydrogen-bond donors (Lipinski definition) is 0. The van der Waals surface area contributed by atoms with Crippen molar-refractivity contribution in [3.63, 3.8) is 0 Å². The van der Waals surface area contributed by atoms with Gasteiger partial charge in [-0.25, -0.2) is 0 Å². The van der Waals surface area contributed by atoms with E-state index in [0.29, 0.717) is 0 Å². The van der Waals surface area contributed by atoms with E-state index in [1.165, 1.54) is 27.9 Å². The summed E-state index contributed by atoms with van der Waals surface area (Å²) in [7, 11) is 1.44. The lowest BCUT2D eigenvalue weighted by Gasteiger charge is -2.39. The number of esters is 3. The zero-order valence-corrected chi connectivity index (χ0v) is 12.5. The maximum atomic E-state index is 11.2. The Morgan fingerprint density at radius 2 is 1.67 bits per heavy atom. The predicted molar refractivity (Wildman–Crippen MR) is 68.0 cm³/mol. The van der Waals surface area contributed by atoms with E-state index in [2.05, 4.69) is 0 Å². The summed E-state index contributed by atoms with van der Waals surface area (Å²) in [5.74, 6) is -1.56. The first-order chi connectivity index (χ1) is 9.83. The molecule has 0 bridgehead atoms. The quantitative estimate of drug-likeness (QED) is 0.524. The van der Waals surface area contributed by atoms with Gasteiger partial charge in [-0.1, -0.05) is 0 Å². The van der Waals surface area contributed by atoms with Crippen LogP contribution in [-0.4, -0.2) is 56.2 Å². The Morgan fingerprint density at radius 3 is 2.14 bits per heavy atom. The van der Waals surface area contributed by atoms with Crippen molar-refractivity contribution >= 4 is 17.9 Å². The normalized spacial score (nSPS) is 28.6. The molecule has 21 heavy (non-hydrogen) atoms. The van der Waals surface area contributed by atoms with Gasteiger partial charge in [0.1, 0.15) is 18.8 Å². The van der Waals surface area contributed by atoms with E-state index in [0.717, 1.165) is 0 Å². The van der Waals surface area contributed by atoms with Crippen LogP contribution in [-0.2, 0) is 38.1 Å². The lowest BCUT2D eigenvalue weighted by atomic mass is 10.0. The van der Waals surface area contributed by atoms with Crippen LogP contribution in [0.1, 0.15) is 27.2 Å². The molecule has 1 aliphatic heterocycles. The molecule has 0 radical (unpaired) electrons. The SMILES string of the molecule is CO[C@H]1C[C@@H](OC(C)=O)[C@H](OC(C)=O)[C@@H](COC(C)=O)O1. The van der Waals surface area contributed by atoms with Crippen LogP contribution in [0.2, 0.25) is 0 Å². The fourth-order valence-electron chi connectivity index (χ4n) is 2.05. The van der Waals surface area contributed by atoms with Gasteiger partial charge in [0.25, 0.3) is 0 Å². The Labute approximate surface area is 122 Å². The number of ether oxygens (including phenoxy) is 5. The zero-order chi connectivity index (χ0) is 16.0. The number of carbonyl (C=O) groups excluding carboxylic acids is 3. The molecule has 0 spiro atoms. The van der Waals surface area contributed by atoms with Crippen LogP contribution < -0.4 is 0 Å². The topological polar surface area (TPSA) is 97.4 Å². The molecule has 0 aliphatic carbocycles. The van der Waals surface area contributed by atoms with Crippen molar-refractivity contribution in [3.8, 4) is 0 Å². The Bertz CT molecular complexity index is 394. The molecule has 1 heterocycles. The average molecular weight is 304 g/mol. The Hall–Kier alpha value is -1.67. The minimum absolute atomic E-state index is 0.134. The van der Waals surface area contributed by atoms with E-state index in [9.17, 15) is 14.4 Å². The molecule has 0 unspecified atom stereocenters. The fourth-order valence-corrected chi connectivity index (χ4v) is 2.05. The highest BCUT2D eigenvalue weighted by molar-refractivity contribution is 5.67. The van der Waals surface area contributed by atoms with Gasteiger partial charge in [-0.2, -0.15) is 0 Å². The Morgan fingerprint density at radius 1 is 1.05 bits per heavy atom. The van der Waals surface area contributed by atoms with E-state index < -0.39 is 42.5 Å². The first-order valence-corrected chi connectivity index (χ1v) is 6.49. The highest BCUT2D eigenvalue weighted by Gasteiger charge is 2.43. The van der Waals surface area contributed by atoms with Crippen molar-refractivity contribution < 1.29 is 38.1 Å². The second kappa shape index (κ2) is 7.94. The Kier molecular flexibility index (Phi) is 6.57. The number of rotatable bonds is 5. The van der Waals surface area contributed by atoms with Gasteiger partial charge in [0.15, 0.2) is 12.4 Å². The van der Waals surface area contributed by atoms with Crippen molar-refractivity contribution in [1.29, 1.82) is 0 Å². The lowest BCUT2D eigenvalue weighted by Crippen LogP contribution is -2.54. The van der Waals surface area contributed by atoms with E-state index in [1.807, 2.05) is 0 Å². The van der Waals surface area contributed by atoms with Crippen LogP contribution in [0, 0.1) is 0 Å². The maximum absolute atomic E-state index is 11.2. The van der Waals surface area contributed by atoms with Gasteiger partial charge < -0.3 is 23.7 Å². The van der Waals surface area contributed by atoms with Crippen LogP contribution in [0.25, 0.3) is 0 Å². The average Bonchev–Trinajstić information content (AvgIpc) is 2.37. The molecule has 0 saturated carbocycles. The molecule has 0 aromatic rings. The van der Waals surface area contributed by atoms with E-state index in [1.54, 1.807) is 0 Å². The second-order valence-electron chi connectivity index (χ2n) is 4.60. The van der Waals surface area contributed by atoms with E-state index >= 15 is 0 Å². The van der Waals surface area contributed by atoms with Crippen LogP contribution in [0.15, 0.2) is 0 Å². The van der Waals surface area contributed by atoms with Gasteiger partial charge in [-0.3, -0.25) is 14.4 Å². The highest BCUT2D eigenvalue weighted by atomic mass is 16.7. The van der Waals surface area contributed by atoms with Gasteiger partial charge in [-0.15, -0.1) is 0 Å². The fraction of sp³-hybridized carbons (Fsp3) is 0.769. The molecule has 1 rings (SSSR count). The minimum atomic E-state index is -0.864. The molecule has 0 aromatic heterocycles. The monoisotopic (exact) mass is 304 g/mol. The summed E-state index contributed by atoms with van der Waals surface area (Å²) < 4.78 is 25.8. The van der Waals surface area contributed by atoms with Crippen molar-refractivity contribution in [2.75, 3.05) is 13.7 Å². The molecule has 0 aromatic carbocycles. The maximum Gasteiger partial charge on any atom is 0.303 e. The molecule has 1 aliphatic rings. The third-order valence-electron chi connectivity index (χ3n) is 2.82. The van der Waals surface area contributed by atoms with E-state index in [-0.39, 0.29) is 13.0 Å². The van der Waals surface area contributed by atoms with Crippen LogP contribution >= 0.6 is 0 Å². The standard InChI is InChI=1S/C13H20O8/c1-7(14)18-6-11-13(20-9(3)16)10(19-8(2)15)5-12(17-4)21-11/h10-13H,5-6H2,1-4H3/t10-,11-,12-,13+/m1/s1. The van der Waals surface area contributed by atoms with Crippen molar-refractivity contribution in [2.45, 2.75) is 51.8 Å². The van der Waals surface area contributed by atoms with Crippen LogP contribution in [0.3, 0.4) is 0 Å². The van der Waals surface area contributed by atoms with Crippen molar-refractivity contribution in [2.24, 2.45) is 0 Å². The van der Waals surface area contributed by atoms with Crippen molar-refractivity contribution in [1.82, 2.24) is 0 Å². The van der Waals surface area contributed by atoms with Gasteiger partial charge >= 0.3 is 17.9 Å². The van der Waals surface area contributed by atoms with Gasteiger partial charge in [0, 0.05) is 34.3 Å². The molecule has 8 heteroatoms. The number of methoxy groups -OCH3 is 1. The Balaban J connectivity index is 2.87. The van der Waals surface area contributed by atoms with Crippen LogP contribution in [0.5, 0.6) is 0 Å². The summed E-state index contributed by atoms with van der Waals surface area (Å²) in [6.07, 6.45) is -2.81. The van der Waals surface area contributed by atoms with Crippen molar-refractivity contribution in [3.05, 3.63) is 0 Å². The van der Waals surface area contributed by atoms with Gasteiger partial charge in [0.2, 0.25) is 0 Å². The second-order valence-corrected chi connectivity index (χ2v) is 4.60. The first kappa shape index (κ1) is 17.4. The largest absolute Gasteiger partial charge is 0.463 e. The summed E-state index contributed by atoms with van der Waals surface area (Å²) >= 11 is 0. The third-order valence-corrected chi connectivity index (χ3v) is 2.82. The van der Waals surface area contributed by atoms with Crippen LogP contribution in [0.4, 0.5) is 0 Å². The number of hydrogen-bond acceptors (Lipinski definition) is 8. The first-order valence-electron chi connectivity index (χ1n) is 6.49. The summed E-state index contributed by atoms with van der Waals surface area (Å²) in [5.41, 5.74) is 0. The molecule has 120 valence electrons. The number of carbonyl (C=O) groups is 3.